The molecule has 2 aromatic carbocycles. The Balaban J connectivity index is 1.98. The fourth-order valence-corrected chi connectivity index (χ4v) is 3.62. The summed E-state index contributed by atoms with van der Waals surface area (Å²) in [6.45, 7) is 8.24. The summed E-state index contributed by atoms with van der Waals surface area (Å²) in [5, 5.41) is 3.62. The summed E-state index contributed by atoms with van der Waals surface area (Å²) in [4.78, 5) is 9.39. The topological polar surface area (TPSA) is 42.2 Å². The molecule has 2 heterocycles. The number of anilines is 2. The van der Waals surface area contributed by atoms with Gasteiger partial charge in [0.1, 0.15) is 17.3 Å². The van der Waals surface area contributed by atoms with Crippen molar-refractivity contribution >= 4 is 17.3 Å². The van der Waals surface area contributed by atoms with Crippen LogP contribution in [0.25, 0.3) is 17.0 Å². The SMILES string of the molecule is CCc1cccc(C)c1Nc1c(-c2ccc(F)cc2)nc2nc(C)cc(C)n12. The lowest BCUT2D eigenvalue weighted by molar-refractivity contribution is 0.628. The summed E-state index contributed by atoms with van der Waals surface area (Å²) in [7, 11) is 0. The molecule has 0 aliphatic rings. The minimum absolute atomic E-state index is 0.264. The molecule has 0 atom stereocenters. The molecule has 0 saturated carbocycles. The normalized spacial score (nSPS) is 11.2. The number of aromatic nitrogens is 3. The third kappa shape index (κ3) is 3.13. The van der Waals surface area contributed by atoms with Crippen LogP contribution < -0.4 is 5.32 Å². The van der Waals surface area contributed by atoms with E-state index in [0.717, 1.165) is 46.1 Å². The molecule has 0 bridgehead atoms. The van der Waals surface area contributed by atoms with Crippen molar-refractivity contribution in [3.05, 3.63) is 76.9 Å². The Morgan fingerprint density at radius 2 is 1.75 bits per heavy atom. The molecular weight excluding hydrogens is 351 g/mol. The van der Waals surface area contributed by atoms with Gasteiger partial charge in [-0.2, -0.15) is 0 Å². The van der Waals surface area contributed by atoms with Crippen molar-refractivity contribution in [2.75, 3.05) is 5.32 Å². The quantitative estimate of drug-likeness (QED) is 0.493. The smallest absolute Gasteiger partial charge is 0.236 e. The first-order valence-corrected chi connectivity index (χ1v) is 9.46. The van der Waals surface area contributed by atoms with Crippen LogP contribution in [-0.4, -0.2) is 14.4 Å². The molecule has 0 amide bonds. The number of hydrogen-bond donors (Lipinski definition) is 1. The van der Waals surface area contributed by atoms with Gasteiger partial charge >= 0.3 is 0 Å². The Kier molecular flexibility index (Phi) is 4.59. The Hall–Kier alpha value is -3.21. The Morgan fingerprint density at radius 3 is 2.46 bits per heavy atom. The average molecular weight is 374 g/mol. The summed E-state index contributed by atoms with van der Waals surface area (Å²) in [5.41, 5.74) is 7.03. The predicted molar refractivity (Wildman–Crippen MR) is 112 cm³/mol. The van der Waals surface area contributed by atoms with E-state index in [0.29, 0.717) is 5.78 Å². The fourth-order valence-electron chi connectivity index (χ4n) is 3.62. The van der Waals surface area contributed by atoms with Crippen molar-refractivity contribution in [1.82, 2.24) is 14.4 Å². The second-order valence-electron chi connectivity index (χ2n) is 7.08. The second kappa shape index (κ2) is 7.08. The number of halogens is 1. The second-order valence-corrected chi connectivity index (χ2v) is 7.08. The molecule has 0 unspecified atom stereocenters. The lowest BCUT2D eigenvalue weighted by atomic mass is 10.1. The summed E-state index contributed by atoms with van der Waals surface area (Å²) in [6, 6.07) is 14.8. The molecule has 2 aromatic heterocycles. The van der Waals surface area contributed by atoms with Crippen molar-refractivity contribution in [2.24, 2.45) is 0 Å². The zero-order chi connectivity index (χ0) is 19.8. The highest BCUT2D eigenvalue weighted by molar-refractivity contribution is 5.80. The van der Waals surface area contributed by atoms with E-state index in [1.807, 2.05) is 24.3 Å². The molecule has 0 saturated heterocycles. The van der Waals surface area contributed by atoms with Gasteiger partial charge in [-0.3, -0.25) is 4.40 Å². The standard InChI is InChI=1S/C23H23FN4/c1-5-17-8-6-7-14(2)20(17)26-22-21(18-9-11-19(24)12-10-18)27-23-25-15(3)13-16(4)28(22)23/h6-13,26H,5H2,1-4H3. The minimum Gasteiger partial charge on any atom is -0.339 e. The van der Waals surface area contributed by atoms with Crippen LogP contribution >= 0.6 is 0 Å². The number of fused-ring (bicyclic) bond motifs is 1. The molecule has 0 spiro atoms. The number of imidazole rings is 1. The van der Waals surface area contributed by atoms with E-state index in [1.54, 1.807) is 12.1 Å². The van der Waals surface area contributed by atoms with Gasteiger partial charge in [0.2, 0.25) is 5.78 Å². The highest BCUT2D eigenvalue weighted by Crippen LogP contribution is 2.34. The van der Waals surface area contributed by atoms with E-state index in [2.05, 4.69) is 42.3 Å². The molecule has 4 nitrogen and oxygen atoms in total. The molecule has 0 aliphatic heterocycles. The van der Waals surface area contributed by atoms with E-state index in [4.69, 9.17) is 4.98 Å². The van der Waals surface area contributed by atoms with Crippen LogP contribution in [0.1, 0.15) is 29.4 Å². The maximum absolute atomic E-state index is 13.5. The fraction of sp³-hybridized carbons (Fsp3) is 0.217. The zero-order valence-electron chi connectivity index (χ0n) is 16.5. The van der Waals surface area contributed by atoms with E-state index in [9.17, 15) is 4.39 Å². The van der Waals surface area contributed by atoms with Crippen molar-refractivity contribution < 1.29 is 4.39 Å². The number of aryl methyl sites for hydroxylation is 4. The predicted octanol–water partition coefficient (Wildman–Crippen LogP) is 5.77. The van der Waals surface area contributed by atoms with Crippen LogP contribution in [-0.2, 0) is 6.42 Å². The number of para-hydroxylation sites is 1. The van der Waals surface area contributed by atoms with Gasteiger partial charge < -0.3 is 5.32 Å². The van der Waals surface area contributed by atoms with E-state index < -0.39 is 0 Å². The van der Waals surface area contributed by atoms with Gasteiger partial charge in [0, 0.05) is 22.6 Å². The zero-order valence-corrected chi connectivity index (χ0v) is 16.5. The lowest BCUT2D eigenvalue weighted by Gasteiger charge is -2.16. The van der Waals surface area contributed by atoms with Crippen molar-refractivity contribution in [1.29, 1.82) is 0 Å². The number of benzene rings is 2. The van der Waals surface area contributed by atoms with Crippen LogP contribution in [0.2, 0.25) is 0 Å². The molecule has 28 heavy (non-hydrogen) atoms. The highest BCUT2D eigenvalue weighted by atomic mass is 19.1. The maximum atomic E-state index is 13.5. The lowest BCUT2D eigenvalue weighted by Crippen LogP contribution is -2.04. The Bertz CT molecular complexity index is 1160. The molecule has 142 valence electrons. The molecule has 0 radical (unpaired) electrons. The van der Waals surface area contributed by atoms with E-state index >= 15 is 0 Å². The number of nitrogens with one attached hydrogen (secondary N) is 1. The maximum Gasteiger partial charge on any atom is 0.236 e. The summed E-state index contributed by atoms with van der Waals surface area (Å²) in [6.07, 6.45) is 0.920. The van der Waals surface area contributed by atoms with Crippen molar-refractivity contribution in [3.63, 3.8) is 0 Å². The van der Waals surface area contributed by atoms with E-state index in [1.165, 1.54) is 17.7 Å². The molecule has 1 N–H and O–H groups in total. The Morgan fingerprint density at radius 1 is 1.00 bits per heavy atom. The molecule has 5 heteroatoms. The van der Waals surface area contributed by atoms with Gasteiger partial charge in [-0.25, -0.2) is 14.4 Å². The summed E-state index contributed by atoms with van der Waals surface area (Å²) in [5.74, 6) is 1.21. The van der Waals surface area contributed by atoms with Crippen LogP contribution in [0.3, 0.4) is 0 Å². The molecule has 4 rings (SSSR count). The van der Waals surface area contributed by atoms with Crippen LogP contribution in [0.4, 0.5) is 15.9 Å². The van der Waals surface area contributed by atoms with Crippen molar-refractivity contribution in [2.45, 2.75) is 34.1 Å². The number of hydrogen-bond acceptors (Lipinski definition) is 3. The van der Waals surface area contributed by atoms with Gasteiger partial charge in [-0.1, -0.05) is 25.1 Å². The monoisotopic (exact) mass is 374 g/mol. The van der Waals surface area contributed by atoms with Crippen molar-refractivity contribution in [3.8, 4) is 11.3 Å². The Labute approximate surface area is 164 Å². The molecule has 4 aromatic rings. The van der Waals surface area contributed by atoms with E-state index in [-0.39, 0.29) is 5.82 Å². The average Bonchev–Trinajstić information content (AvgIpc) is 3.02. The number of rotatable bonds is 4. The van der Waals surface area contributed by atoms with Crippen LogP contribution in [0.15, 0.2) is 48.5 Å². The van der Waals surface area contributed by atoms with Crippen LogP contribution in [0.5, 0.6) is 0 Å². The highest BCUT2D eigenvalue weighted by Gasteiger charge is 2.19. The molecule has 0 fully saturated rings. The van der Waals surface area contributed by atoms with Gasteiger partial charge in [-0.05, 0) is 68.7 Å². The van der Waals surface area contributed by atoms with Gasteiger partial charge in [-0.15, -0.1) is 0 Å². The minimum atomic E-state index is -0.264. The van der Waals surface area contributed by atoms with Gasteiger partial charge in [0.05, 0.1) is 0 Å². The van der Waals surface area contributed by atoms with Crippen LogP contribution in [0, 0.1) is 26.6 Å². The first kappa shape index (κ1) is 18.2. The number of nitrogens with zero attached hydrogens (tertiary/aromatic N) is 3. The first-order chi connectivity index (χ1) is 13.5. The third-order valence-corrected chi connectivity index (χ3v) is 5.01. The molecular formula is C23H23FN4. The molecule has 0 aliphatic carbocycles. The third-order valence-electron chi connectivity index (χ3n) is 5.01. The van der Waals surface area contributed by atoms with Gasteiger partial charge in [0.25, 0.3) is 0 Å². The van der Waals surface area contributed by atoms with Gasteiger partial charge in [0.15, 0.2) is 0 Å². The summed E-state index contributed by atoms with van der Waals surface area (Å²) < 4.78 is 15.5. The largest absolute Gasteiger partial charge is 0.339 e. The summed E-state index contributed by atoms with van der Waals surface area (Å²) >= 11 is 0. The first-order valence-electron chi connectivity index (χ1n) is 9.46.